The summed E-state index contributed by atoms with van der Waals surface area (Å²) in [4.78, 5) is 25.0. The Kier molecular flexibility index (Phi) is 7.59. The zero-order chi connectivity index (χ0) is 18.4. The van der Waals surface area contributed by atoms with Gasteiger partial charge in [0.2, 0.25) is 0 Å². The van der Waals surface area contributed by atoms with Crippen LogP contribution in [0.4, 0.5) is 0 Å². The predicted molar refractivity (Wildman–Crippen MR) is 89.0 cm³/mol. The highest BCUT2D eigenvalue weighted by Gasteiger charge is 2.55. The van der Waals surface area contributed by atoms with Crippen molar-refractivity contribution in [3.63, 3.8) is 0 Å². The topological polar surface area (TPSA) is 80.3 Å². The standard InChI is InChI=1S/C16H28O7Si/c1-7-22-14(17)16(15(18)23-8-2)9-12(3)13(10-16)11-24(19-4,20-5)21-6/h11-12H,7-10H2,1-6H3/b13-11-. The first-order valence-corrected chi connectivity index (χ1v) is 9.86. The van der Waals surface area contributed by atoms with Crippen molar-refractivity contribution < 1.29 is 32.3 Å². The van der Waals surface area contributed by atoms with Gasteiger partial charge in [-0.05, 0) is 38.3 Å². The Morgan fingerprint density at radius 1 is 1.08 bits per heavy atom. The number of esters is 2. The zero-order valence-electron chi connectivity index (χ0n) is 15.3. The van der Waals surface area contributed by atoms with Crippen LogP contribution in [0.1, 0.15) is 33.6 Å². The predicted octanol–water partition coefficient (Wildman–Crippen LogP) is 1.87. The van der Waals surface area contributed by atoms with Crippen LogP contribution in [0.25, 0.3) is 0 Å². The van der Waals surface area contributed by atoms with E-state index in [1.165, 1.54) is 21.3 Å². The van der Waals surface area contributed by atoms with Crippen molar-refractivity contribution in [1.29, 1.82) is 0 Å². The van der Waals surface area contributed by atoms with E-state index < -0.39 is 26.2 Å². The molecule has 0 bridgehead atoms. The van der Waals surface area contributed by atoms with Crippen molar-refractivity contribution in [2.24, 2.45) is 11.3 Å². The second-order valence-corrected chi connectivity index (χ2v) is 8.46. The maximum atomic E-state index is 12.5. The molecule has 1 aliphatic carbocycles. The lowest BCUT2D eigenvalue weighted by Crippen LogP contribution is -2.42. The highest BCUT2D eigenvalue weighted by Crippen LogP contribution is 2.47. The number of ether oxygens (including phenoxy) is 2. The first-order valence-electron chi connectivity index (χ1n) is 8.06. The molecule has 1 rings (SSSR count). The molecule has 0 aliphatic heterocycles. The van der Waals surface area contributed by atoms with Gasteiger partial charge in [-0.15, -0.1) is 0 Å². The fraction of sp³-hybridized carbons (Fsp3) is 0.750. The Labute approximate surface area is 144 Å². The van der Waals surface area contributed by atoms with E-state index in [0.717, 1.165) is 5.57 Å². The summed E-state index contributed by atoms with van der Waals surface area (Å²) in [6, 6.07) is 0. The Balaban J connectivity index is 3.23. The lowest BCUT2D eigenvalue weighted by Gasteiger charge is -2.24. The third-order valence-corrected chi connectivity index (χ3v) is 6.77. The van der Waals surface area contributed by atoms with Crippen LogP contribution in [0, 0.1) is 11.3 Å². The molecule has 0 heterocycles. The van der Waals surface area contributed by atoms with Crippen LogP contribution in [0.5, 0.6) is 0 Å². The number of rotatable bonds is 8. The molecule has 1 atom stereocenters. The summed E-state index contributed by atoms with van der Waals surface area (Å²) >= 11 is 0. The minimum absolute atomic E-state index is 0.0221. The second kappa shape index (κ2) is 8.75. The van der Waals surface area contributed by atoms with Gasteiger partial charge in [-0.3, -0.25) is 9.59 Å². The van der Waals surface area contributed by atoms with Gasteiger partial charge in [0.15, 0.2) is 5.41 Å². The number of carbonyl (C=O) groups is 2. The van der Waals surface area contributed by atoms with Crippen LogP contribution in [0.3, 0.4) is 0 Å². The molecule has 0 spiro atoms. The molecule has 1 fully saturated rings. The Hall–Kier alpha value is -1.22. The van der Waals surface area contributed by atoms with E-state index in [2.05, 4.69) is 0 Å². The zero-order valence-corrected chi connectivity index (χ0v) is 16.3. The Morgan fingerprint density at radius 3 is 1.92 bits per heavy atom. The van der Waals surface area contributed by atoms with Gasteiger partial charge in [0.05, 0.1) is 13.2 Å². The maximum absolute atomic E-state index is 12.5. The summed E-state index contributed by atoms with van der Waals surface area (Å²) in [5.41, 5.74) is 1.37. The molecule has 24 heavy (non-hydrogen) atoms. The van der Waals surface area contributed by atoms with E-state index in [1.807, 2.05) is 6.92 Å². The third-order valence-electron chi connectivity index (χ3n) is 4.34. The quantitative estimate of drug-likeness (QED) is 0.371. The highest BCUT2D eigenvalue weighted by molar-refractivity contribution is 6.66. The van der Waals surface area contributed by atoms with E-state index in [1.54, 1.807) is 19.5 Å². The molecular weight excluding hydrogens is 332 g/mol. The van der Waals surface area contributed by atoms with E-state index in [0.29, 0.717) is 6.42 Å². The van der Waals surface area contributed by atoms with Crippen LogP contribution in [-0.2, 0) is 32.3 Å². The minimum Gasteiger partial charge on any atom is -0.465 e. The first-order chi connectivity index (χ1) is 11.3. The fourth-order valence-electron chi connectivity index (χ4n) is 3.03. The third kappa shape index (κ3) is 4.05. The van der Waals surface area contributed by atoms with Crippen LogP contribution in [0.2, 0.25) is 0 Å². The molecule has 0 amide bonds. The molecule has 0 N–H and O–H groups in total. The number of allylic oxidation sites excluding steroid dienone is 1. The lowest BCUT2D eigenvalue weighted by molar-refractivity contribution is -0.171. The summed E-state index contributed by atoms with van der Waals surface area (Å²) in [5.74, 6) is -1.11. The monoisotopic (exact) mass is 360 g/mol. The van der Waals surface area contributed by atoms with Gasteiger partial charge in [-0.2, -0.15) is 0 Å². The van der Waals surface area contributed by atoms with Gasteiger partial charge in [0, 0.05) is 21.3 Å². The van der Waals surface area contributed by atoms with Crippen molar-refractivity contribution in [2.75, 3.05) is 34.5 Å². The summed E-state index contributed by atoms with van der Waals surface area (Å²) < 4.78 is 26.6. The molecule has 8 heteroatoms. The summed E-state index contributed by atoms with van der Waals surface area (Å²) in [6.07, 6.45) is 0.550. The van der Waals surface area contributed by atoms with Crippen LogP contribution >= 0.6 is 0 Å². The smallest absolute Gasteiger partial charge is 0.465 e. The average Bonchev–Trinajstić information content (AvgIpc) is 2.91. The van der Waals surface area contributed by atoms with Gasteiger partial charge in [-0.25, -0.2) is 0 Å². The first kappa shape index (κ1) is 20.8. The molecule has 0 aromatic carbocycles. The van der Waals surface area contributed by atoms with Crippen LogP contribution in [0.15, 0.2) is 11.3 Å². The van der Waals surface area contributed by atoms with Crippen molar-refractivity contribution >= 4 is 20.7 Å². The molecule has 7 nitrogen and oxygen atoms in total. The molecule has 0 saturated heterocycles. The minimum atomic E-state index is -2.96. The molecular formula is C16H28O7Si. The van der Waals surface area contributed by atoms with Crippen molar-refractivity contribution in [1.82, 2.24) is 0 Å². The Bertz CT molecular complexity index is 459. The number of hydrogen-bond acceptors (Lipinski definition) is 7. The van der Waals surface area contributed by atoms with Gasteiger partial charge < -0.3 is 22.8 Å². The summed E-state index contributed by atoms with van der Waals surface area (Å²) in [5, 5.41) is 0. The Morgan fingerprint density at radius 2 is 1.54 bits per heavy atom. The van der Waals surface area contributed by atoms with Crippen molar-refractivity contribution in [2.45, 2.75) is 33.6 Å². The van der Waals surface area contributed by atoms with Crippen LogP contribution in [-0.4, -0.2) is 55.3 Å². The second-order valence-electron chi connectivity index (χ2n) is 5.74. The van der Waals surface area contributed by atoms with E-state index in [-0.39, 0.29) is 25.6 Å². The molecule has 138 valence electrons. The molecule has 1 aliphatic rings. The van der Waals surface area contributed by atoms with E-state index >= 15 is 0 Å². The SMILES string of the molecule is CCOC(=O)C1(C(=O)OCC)C/C(=C/[Si](OC)(OC)OC)C(C)C1. The molecule has 0 aromatic heterocycles. The van der Waals surface area contributed by atoms with Crippen molar-refractivity contribution in [3.05, 3.63) is 11.3 Å². The summed E-state index contributed by atoms with van der Waals surface area (Å²) in [7, 11) is 1.58. The molecule has 1 saturated carbocycles. The van der Waals surface area contributed by atoms with Crippen LogP contribution < -0.4 is 0 Å². The molecule has 0 radical (unpaired) electrons. The lowest BCUT2D eigenvalue weighted by atomic mass is 9.85. The van der Waals surface area contributed by atoms with Gasteiger partial charge in [0.1, 0.15) is 0 Å². The normalized spacial score (nSPS) is 21.8. The largest absolute Gasteiger partial charge is 0.528 e. The van der Waals surface area contributed by atoms with Gasteiger partial charge in [-0.1, -0.05) is 12.5 Å². The van der Waals surface area contributed by atoms with E-state index in [9.17, 15) is 9.59 Å². The van der Waals surface area contributed by atoms with E-state index in [4.69, 9.17) is 22.8 Å². The van der Waals surface area contributed by atoms with Gasteiger partial charge >= 0.3 is 20.7 Å². The maximum Gasteiger partial charge on any atom is 0.528 e. The van der Waals surface area contributed by atoms with Crippen molar-refractivity contribution in [3.8, 4) is 0 Å². The highest BCUT2D eigenvalue weighted by atomic mass is 28.4. The number of carbonyl (C=O) groups excluding carboxylic acids is 2. The number of hydrogen-bond donors (Lipinski definition) is 0. The molecule has 1 unspecified atom stereocenters. The average molecular weight is 360 g/mol. The van der Waals surface area contributed by atoms with Gasteiger partial charge in [0.25, 0.3) is 0 Å². The fourth-order valence-corrected chi connectivity index (χ4v) is 4.72. The molecule has 0 aromatic rings. The summed E-state index contributed by atoms with van der Waals surface area (Å²) in [6.45, 7) is 5.79.